The van der Waals surface area contributed by atoms with Crippen LogP contribution >= 0.6 is 0 Å². The van der Waals surface area contributed by atoms with Crippen LogP contribution in [0.3, 0.4) is 0 Å². The molecule has 0 radical (unpaired) electrons. The lowest BCUT2D eigenvalue weighted by Crippen LogP contribution is -2.43. The van der Waals surface area contributed by atoms with Crippen LogP contribution in [0.5, 0.6) is 0 Å². The molecule has 1 heterocycles. The van der Waals surface area contributed by atoms with Gasteiger partial charge >= 0.3 is 12.1 Å². The number of hydrogen-bond donors (Lipinski definition) is 0. The number of ether oxygens (including phenoxy) is 2. The summed E-state index contributed by atoms with van der Waals surface area (Å²) in [5, 5.41) is 0. The Hall–Kier alpha value is -1.77. The molecule has 1 fully saturated rings. The summed E-state index contributed by atoms with van der Waals surface area (Å²) in [4.78, 5) is 28.2. The second-order valence-corrected chi connectivity index (χ2v) is 5.19. The van der Waals surface area contributed by atoms with Crippen LogP contribution in [-0.4, -0.2) is 48.3 Å². The van der Waals surface area contributed by atoms with Gasteiger partial charge in [0.05, 0.1) is 13.5 Å². The van der Waals surface area contributed by atoms with Crippen molar-refractivity contribution in [2.45, 2.75) is 44.9 Å². The van der Waals surface area contributed by atoms with Crippen LogP contribution in [0.2, 0.25) is 0 Å². The van der Waals surface area contributed by atoms with Gasteiger partial charge in [0, 0.05) is 0 Å². The smallest absolute Gasteiger partial charge is 0.411 e. The maximum atomic E-state index is 11.9. The summed E-state index contributed by atoms with van der Waals surface area (Å²) >= 11 is 0. The average molecular weight is 254 g/mol. The fourth-order valence-electron chi connectivity index (χ4n) is 1.79. The predicted octanol–water partition coefficient (Wildman–Crippen LogP) is 1.46. The second kappa shape index (κ2) is 5.25. The van der Waals surface area contributed by atoms with E-state index in [1.807, 2.05) is 0 Å². The number of likely N-dealkylation sites (tertiary alicyclic amines) is 1. The molecule has 0 aliphatic carbocycles. The number of carbonyl (C=O) groups is 2. The van der Waals surface area contributed by atoms with Gasteiger partial charge in [0.2, 0.25) is 6.04 Å². The van der Waals surface area contributed by atoms with Gasteiger partial charge in [-0.3, -0.25) is 4.90 Å². The molecule has 0 spiro atoms. The molecule has 0 aromatic rings. The Morgan fingerprint density at radius 2 is 2.00 bits per heavy atom. The van der Waals surface area contributed by atoms with Crippen molar-refractivity contribution < 1.29 is 19.1 Å². The van der Waals surface area contributed by atoms with Gasteiger partial charge in [-0.15, -0.1) is 0 Å². The molecule has 0 aromatic heterocycles. The second-order valence-electron chi connectivity index (χ2n) is 5.19. The lowest BCUT2D eigenvalue weighted by molar-refractivity contribution is -0.145. The third kappa shape index (κ3) is 3.36. The molecule has 0 saturated carbocycles. The summed E-state index contributed by atoms with van der Waals surface area (Å²) in [5.74, 6) is -0.507. The van der Waals surface area contributed by atoms with E-state index in [-0.39, 0.29) is 12.6 Å². The van der Waals surface area contributed by atoms with Crippen molar-refractivity contribution in [2.75, 3.05) is 13.7 Å². The molecular formula is C12H18N2O4. The van der Waals surface area contributed by atoms with Crippen molar-refractivity contribution in [3.05, 3.63) is 11.4 Å². The lowest BCUT2D eigenvalue weighted by Gasteiger charge is -2.26. The van der Waals surface area contributed by atoms with Crippen molar-refractivity contribution >= 4 is 12.1 Å². The van der Waals surface area contributed by atoms with Crippen LogP contribution in [0, 0.1) is 6.57 Å². The first-order valence-electron chi connectivity index (χ1n) is 5.72. The molecule has 1 saturated heterocycles. The Bertz CT molecular complexity index is 381. The number of methoxy groups -OCH3 is 1. The Morgan fingerprint density at radius 3 is 2.44 bits per heavy atom. The maximum Gasteiger partial charge on any atom is 0.411 e. The largest absolute Gasteiger partial charge is 0.467 e. The first-order valence-corrected chi connectivity index (χ1v) is 5.72. The quantitative estimate of drug-likeness (QED) is 0.525. The van der Waals surface area contributed by atoms with E-state index in [1.165, 1.54) is 12.0 Å². The lowest BCUT2D eigenvalue weighted by atomic mass is 10.2. The molecule has 0 N–H and O–H groups in total. The fourth-order valence-corrected chi connectivity index (χ4v) is 1.79. The average Bonchev–Trinajstić information content (AvgIpc) is 2.69. The Labute approximate surface area is 107 Å². The molecule has 6 heteroatoms. The molecule has 0 aromatic carbocycles. The van der Waals surface area contributed by atoms with Gasteiger partial charge in [-0.05, 0) is 20.8 Å². The monoisotopic (exact) mass is 254 g/mol. The van der Waals surface area contributed by atoms with Gasteiger partial charge in [-0.2, -0.15) is 0 Å². The molecule has 1 amide bonds. The summed E-state index contributed by atoms with van der Waals surface area (Å²) in [7, 11) is 1.26. The molecule has 0 unspecified atom stereocenters. The summed E-state index contributed by atoms with van der Waals surface area (Å²) in [5.41, 5.74) is -0.631. The van der Waals surface area contributed by atoms with Gasteiger partial charge in [0.25, 0.3) is 0 Å². The predicted molar refractivity (Wildman–Crippen MR) is 63.8 cm³/mol. The topological polar surface area (TPSA) is 60.2 Å². The molecule has 100 valence electrons. The van der Waals surface area contributed by atoms with Gasteiger partial charge in [0.1, 0.15) is 18.2 Å². The van der Waals surface area contributed by atoms with E-state index in [0.29, 0.717) is 6.42 Å². The van der Waals surface area contributed by atoms with Crippen LogP contribution in [-0.2, 0) is 14.3 Å². The normalized spacial score (nSPS) is 23.4. The van der Waals surface area contributed by atoms with Crippen LogP contribution in [0.15, 0.2) is 0 Å². The zero-order valence-electron chi connectivity index (χ0n) is 11.1. The number of carbonyl (C=O) groups excluding carboxylic acids is 2. The zero-order chi connectivity index (χ0) is 13.9. The molecule has 1 aliphatic heterocycles. The third-order valence-electron chi connectivity index (χ3n) is 2.56. The highest BCUT2D eigenvalue weighted by Gasteiger charge is 2.45. The highest BCUT2D eigenvalue weighted by Crippen LogP contribution is 2.24. The number of rotatable bonds is 1. The number of nitrogens with zero attached hydrogens (tertiary/aromatic N) is 2. The SMILES string of the molecule is [C-]#[N+][C@H]1C[C@H](C(=O)OC)N(C(=O)OC(C)(C)C)C1. The van der Waals surface area contributed by atoms with Crippen molar-refractivity contribution in [3.8, 4) is 0 Å². The van der Waals surface area contributed by atoms with Gasteiger partial charge in [-0.1, -0.05) is 0 Å². The first kappa shape index (κ1) is 14.3. The number of amides is 1. The van der Waals surface area contributed by atoms with Crippen LogP contribution < -0.4 is 0 Å². The van der Waals surface area contributed by atoms with E-state index in [4.69, 9.17) is 11.3 Å². The summed E-state index contributed by atoms with van der Waals surface area (Å²) in [6, 6.07) is -1.09. The van der Waals surface area contributed by atoms with Gasteiger partial charge in [-0.25, -0.2) is 16.2 Å². The van der Waals surface area contributed by atoms with Crippen molar-refractivity contribution in [1.29, 1.82) is 0 Å². The minimum absolute atomic E-state index is 0.207. The van der Waals surface area contributed by atoms with Crippen molar-refractivity contribution in [2.24, 2.45) is 0 Å². The Balaban J connectivity index is 2.81. The van der Waals surface area contributed by atoms with Gasteiger partial charge in [0.15, 0.2) is 0 Å². The molecule has 1 rings (SSSR count). The number of esters is 1. The third-order valence-corrected chi connectivity index (χ3v) is 2.56. The molecule has 2 atom stereocenters. The Kier molecular flexibility index (Phi) is 4.17. The molecule has 0 bridgehead atoms. The fraction of sp³-hybridized carbons (Fsp3) is 0.750. The standard InChI is InChI=1S/C12H18N2O4/c1-12(2,3)18-11(16)14-7-8(13-4)6-9(14)10(15)17-5/h8-9H,6-7H2,1-3,5H3/t8-,9+/m0/s1. The Morgan fingerprint density at radius 1 is 1.39 bits per heavy atom. The van der Waals surface area contributed by atoms with E-state index in [2.05, 4.69) is 9.58 Å². The van der Waals surface area contributed by atoms with E-state index in [1.54, 1.807) is 20.8 Å². The minimum atomic E-state index is -0.719. The highest BCUT2D eigenvalue weighted by atomic mass is 16.6. The van der Waals surface area contributed by atoms with E-state index >= 15 is 0 Å². The zero-order valence-corrected chi connectivity index (χ0v) is 11.1. The molecular weight excluding hydrogens is 236 g/mol. The van der Waals surface area contributed by atoms with Crippen molar-refractivity contribution in [1.82, 2.24) is 4.90 Å². The summed E-state index contributed by atoms with van der Waals surface area (Å²) < 4.78 is 9.86. The van der Waals surface area contributed by atoms with E-state index in [0.717, 1.165) is 0 Å². The van der Waals surface area contributed by atoms with Crippen LogP contribution in [0.25, 0.3) is 4.85 Å². The minimum Gasteiger partial charge on any atom is -0.467 e. The molecule has 6 nitrogen and oxygen atoms in total. The first-order chi connectivity index (χ1) is 8.28. The van der Waals surface area contributed by atoms with Crippen LogP contribution in [0.1, 0.15) is 27.2 Å². The van der Waals surface area contributed by atoms with Crippen molar-refractivity contribution in [3.63, 3.8) is 0 Å². The van der Waals surface area contributed by atoms with Crippen LogP contribution in [0.4, 0.5) is 4.79 Å². The highest BCUT2D eigenvalue weighted by molar-refractivity contribution is 5.82. The molecule has 18 heavy (non-hydrogen) atoms. The number of hydrogen-bond acceptors (Lipinski definition) is 4. The summed E-state index contributed by atoms with van der Waals surface area (Å²) in [6.45, 7) is 12.5. The van der Waals surface area contributed by atoms with E-state index < -0.39 is 23.7 Å². The maximum absolute atomic E-state index is 11.9. The van der Waals surface area contributed by atoms with E-state index in [9.17, 15) is 9.59 Å². The summed E-state index contributed by atoms with van der Waals surface area (Å²) in [6.07, 6.45) is -0.279. The van der Waals surface area contributed by atoms with Gasteiger partial charge < -0.3 is 14.3 Å². The molecule has 1 aliphatic rings.